The lowest BCUT2D eigenvalue weighted by atomic mass is 9.94. The molecular weight excluding hydrogens is 318 g/mol. The third kappa shape index (κ3) is 5.50. The average Bonchev–Trinajstić information content (AvgIpc) is 2.33. The van der Waals surface area contributed by atoms with Crippen LogP contribution in [0.2, 0.25) is 0 Å². The van der Waals surface area contributed by atoms with Crippen LogP contribution >= 0.6 is 0 Å². The second-order valence-electron chi connectivity index (χ2n) is 7.06. The Kier molecular flexibility index (Phi) is 5.97. The van der Waals surface area contributed by atoms with Crippen molar-refractivity contribution in [2.45, 2.75) is 71.8 Å². The molecule has 24 heavy (non-hydrogen) atoms. The lowest BCUT2D eigenvalue weighted by Gasteiger charge is -2.33. The molecule has 1 rings (SSSR count). The number of ketones is 1. The van der Waals surface area contributed by atoms with Crippen molar-refractivity contribution in [2.24, 2.45) is 5.92 Å². The van der Waals surface area contributed by atoms with E-state index in [1.807, 2.05) is 0 Å². The zero-order chi connectivity index (χ0) is 18.7. The molecule has 8 heteroatoms. The van der Waals surface area contributed by atoms with Crippen molar-refractivity contribution in [3.8, 4) is 0 Å². The largest absolute Gasteiger partial charge is 0.444 e. The quantitative estimate of drug-likeness (QED) is 0.598. The van der Waals surface area contributed by atoms with Gasteiger partial charge in [-0.1, -0.05) is 13.3 Å². The van der Waals surface area contributed by atoms with Crippen LogP contribution in [0.5, 0.6) is 0 Å². The molecule has 0 aromatic heterocycles. The summed E-state index contributed by atoms with van der Waals surface area (Å²) in [5.74, 6) is -5.84. The van der Waals surface area contributed by atoms with Crippen molar-refractivity contribution >= 4 is 23.8 Å². The molecule has 8 nitrogen and oxygen atoms in total. The lowest BCUT2D eigenvalue weighted by Crippen LogP contribution is -2.54. The summed E-state index contributed by atoms with van der Waals surface area (Å²) >= 11 is 0. The molecule has 0 saturated carbocycles. The molecule has 0 aromatic carbocycles. The van der Waals surface area contributed by atoms with Gasteiger partial charge in [0.15, 0.2) is 5.78 Å². The van der Waals surface area contributed by atoms with Gasteiger partial charge in [0, 0.05) is 13.8 Å². The molecule has 0 spiro atoms. The summed E-state index contributed by atoms with van der Waals surface area (Å²) in [5.41, 5.74) is -0.739. The van der Waals surface area contributed by atoms with Crippen LogP contribution < -0.4 is 5.32 Å². The minimum absolute atomic E-state index is 0.249. The number of ether oxygens (including phenoxy) is 3. The smallest absolute Gasteiger partial charge is 0.408 e. The number of esters is 2. The van der Waals surface area contributed by atoms with E-state index in [0.29, 0.717) is 6.42 Å². The van der Waals surface area contributed by atoms with Crippen LogP contribution in [0, 0.1) is 5.92 Å². The second kappa shape index (κ2) is 7.19. The summed E-state index contributed by atoms with van der Waals surface area (Å²) in [5, 5.41) is 2.41. The number of hydrogen-bond donors (Lipinski definition) is 1. The highest BCUT2D eigenvalue weighted by atomic mass is 16.7. The van der Waals surface area contributed by atoms with Crippen LogP contribution in [-0.2, 0) is 28.6 Å². The van der Waals surface area contributed by atoms with Crippen LogP contribution in [-0.4, -0.2) is 41.2 Å². The molecule has 0 aliphatic carbocycles. The molecule has 0 bridgehead atoms. The van der Waals surface area contributed by atoms with Crippen molar-refractivity contribution in [1.82, 2.24) is 5.32 Å². The fourth-order valence-corrected chi connectivity index (χ4v) is 2.18. The van der Waals surface area contributed by atoms with Gasteiger partial charge in [0.25, 0.3) is 5.79 Å². The monoisotopic (exact) mass is 343 g/mol. The molecule has 1 atom stereocenters. The summed E-state index contributed by atoms with van der Waals surface area (Å²) in [4.78, 5) is 48.4. The Morgan fingerprint density at radius 2 is 1.71 bits per heavy atom. The van der Waals surface area contributed by atoms with Crippen LogP contribution in [0.25, 0.3) is 0 Å². The maximum atomic E-state index is 12.5. The van der Waals surface area contributed by atoms with Crippen LogP contribution in [0.4, 0.5) is 4.79 Å². The molecule has 1 heterocycles. The molecule has 0 aromatic rings. The summed E-state index contributed by atoms with van der Waals surface area (Å²) in [6.07, 6.45) is -0.000260. The Balaban J connectivity index is 2.88. The van der Waals surface area contributed by atoms with Gasteiger partial charge in [0.05, 0.1) is 6.04 Å². The van der Waals surface area contributed by atoms with E-state index in [-0.39, 0.29) is 6.42 Å². The number of nitrogens with one attached hydrogen (secondary N) is 1. The van der Waals surface area contributed by atoms with Gasteiger partial charge in [0.1, 0.15) is 5.60 Å². The summed E-state index contributed by atoms with van der Waals surface area (Å²) in [6, 6.07) is -1.05. The Bertz CT molecular complexity index is 513. The van der Waals surface area contributed by atoms with E-state index >= 15 is 0 Å². The minimum atomic E-state index is -1.70. The Hall–Kier alpha value is -2.12. The normalized spacial score (nSPS) is 19.1. The van der Waals surface area contributed by atoms with Gasteiger partial charge in [-0.15, -0.1) is 0 Å². The number of alkyl carbamates (subject to hydrolysis) is 1. The van der Waals surface area contributed by atoms with Gasteiger partial charge < -0.3 is 19.5 Å². The van der Waals surface area contributed by atoms with Gasteiger partial charge in [-0.25, -0.2) is 4.79 Å². The maximum Gasteiger partial charge on any atom is 0.408 e. The van der Waals surface area contributed by atoms with Crippen molar-refractivity contribution < 1.29 is 33.4 Å². The number of carbonyl (C=O) groups excluding carboxylic acids is 4. The molecule has 1 aliphatic heterocycles. The number of cyclic esters (lactones) is 2. The Morgan fingerprint density at radius 3 is 2.12 bits per heavy atom. The van der Waals surface area contributed by atoms with Gasteiger partial charge in [-0.3, -0.25) is 14.4 Å². The van der Waals surface area contributed by atoms with Gasteiger partial charge in [0.2, 0.25) is 5.92 Å². The first kappa shape index (κ1) is 19.9. The molecule has 136 valence electrons. The Labute approximate surface area is 141 Å². The van der Waals surface area contributed by atoms with Crippen molar-refractivity contribution in [2.75, 3.05) is 0 Å². The third-order valence-electron chi connectivity index (χ3n) is 3.06. The second-order valence-corrected chi connectivity index (χ2v) is 7.06. The average molecular weight is 343 g/mol. The summed E-state index contributed by atoms with van der Waals surface area (Å²) in [7, 11) is 0. The summed E-state index contributed by atoms with van der Waals surface area (Å²) in [6.45, 7) is 9.64. The molecule has 1 fully saturated rings. The zero-order valence-corrected chi connectivity index (χ0v) is 14.9. The first-order chi connectivity index (χ1) is 10.9. The molecular formula is C16H25NO7. The first-order valence-electron chi connectivity index (χ1n) is 7.85. The molecule has 1 aliphatic rings. The highest BCUT2D eigenvalue weighted by Gasteiger charge is 2.49. The number of rotatable bonds is 5. The van der Waals surface area contributed by atoms with Gasteiger partial charge in [-0.2, -0.15) is 0 Å². The molecule has 0 unspecified atom stereocenters. The fourth-order valence-electron chi connectivity index (χ4n) is 2.18. The molecule has 1 N–H and O–H groups in total. The van der Waals surface area contributed by atoms with Crippen LogP contribution in [0.1, 0.15) is 54.4 Å². The minimum Gasteiger partial charge on any atom is -0.444 e. The van der Waals surface area contributed by atoms with E-state index in [4.69, 9.17) is 14.2 Å². The predicted octanol–water partition coefficient (Wildman–Crippen LogP) is 1.70. The molecule has 0 radical (unpaired) electrons. The van der Waals surface area contributed by atoms with Gasteiger partial charge >= 0.3 is 18.0 Å². The van der Waals surface area contributed by atoms with Crippen molar-refractivity contribution in [3.63, 3.8) is 0 Å². The van der Waals surface area contributed by atoms with E-state index in [0.717, 1.165) is 0 Å². The predicted molar refractivity (Wildman–Crippen MR) is 82.8 cm³/mol. The lowest BCUT2D eigenvalue weighted by molar-refractivity contribution is -0.238. The van der Waals surface area contributed by atoms with Crippen LogP contribution in [0.3, 0.4) is 0 Å². The number of hydrogen-bond acceptors (Lipinski definition) is 7. The highest BCUT2D eigenvalue weighted by molar-refractivity contribution is 6.17. The summed E-state index contributed by atoms with van der Waals surface area (Å²) < 4.78 is 15.0. The van der Waals surface area contributed by atoms with E-state index in [1.165, 1.54) is 13.8 Å². The van der Waals surface area contributed by atoms with E-state index in [1.54, 1.807) is 27.7 Å². The highest BCUT2D eigenvalue weighted by Crippen LogP contribution is 2.25. The Morgan fingerprint density at radius 1 is 1.21 bits per heavy atom. The van der Waals surface area contributed by atoms with Gasteiger partial charge in [-0.05, 0) is 27.2 Å². The third-order valence-corrected chi connectivity index (χ3v) is 3.06. The van der Waals surface area contributed by atoms with Crippen LogP contribution in [0.15, 0.2) is 0 Å². The topological polar surface area (TPSA) is 108 Å². The first-order valence-corrected chi connectivity index (χ1v) is 7.85. The molecule has 1 saturated heterocycles. The zero-order valence-electron chi connectivity index (χ0n) is 14.9. The molecule has 1 amide bonds. The maximum absolute atomic E-state index is 12.5. The standard InChI is InChI=1S/C16H25NO7/c1-7-8-9(17-14(21)24-15(2,3)4)11(18)10-12(19)22-16(5,6)23-13(10)20/h9-10H,7-8H2,1-6H3,(H,17,21)/t9-/m0/s1. The number of carbonyl (C=O) groups is 4. The SMILES string of the molecule is CCC[C@H](NC(=O)OC(C)(C)C)C(=O)C1C(=O)OC(C)(C)OC1=O. The number of Topliss-reactive ketones (excluding diaryl/α,β-unsaturated/α-hetero) is 1. The fraction of sp³-hybridized carbons (Fsp3) is 0.750. The van der Waals surface area contributed by atoms with Crippen molar-refractivity contribution in [3.05, 3.63) is 0 Å². The van der Waals surface area contributed by atoms with Crippen molar-refractivity contribution in [1.29, 1.82) is 0 Å². The van der Waals surface area contributed by atoms with E-state index in [2.05, 4.69) is 5.32 Å². The van der Waals surface area contributed by atoms with E-state index < -0.39 is 47.2 Å². The van der Waals surface area contributed by atoms with E-state index in [9.17, 15) is 19.2 Å². The number of amides is 1.